The Hall–Kier alpha value is -8.08. The Bertz CT molecular complexity index is 2670. The SMILES string of the molecule is C.C.C.CC(C)(C)C(=O)O.CC(C)(C)CO.CC(C)(COc1ccn[nH]1)C(F)(F)F.CC(C)(COc1ccn[nH]1)C(F)(F)F.CCc1cn(C(=O)OC(C)(C)C)[nH]c1=O.CCc1cn(C(=O)OC(C)(C)C)nc1OCC(C)(C)C(F)(F)F.O=C=O.O=C=O.O=C=O. The number of carboxylic acid groups (broad SMARTS) is 1. The molecule has 4 heterocycles. The van der Waals surface area contributed by atoms with Gasteiger partial charge in [-0.3, -0.25) is 14.7 Å². The van der Waals surface area contributed by atoms with Gasteiger partial charge in [0.15, 0.2) is 0 Å². The van der Waals surface area contributed by atoms with Crippen molar-refractivity contribution in [2.45, 2.75) is 203 Å². The molecule has 4 aromatic heterocycles. The van der Waals surface area contributed by atoms with Gasteiger partial charge in [-0.25, -0.2) is 19.8 Å². The zero-order chi connectivity index (χ0) is 70.7. The number of ether oxygens (including phenoxy) is 5. The van der Waals surface area contributed by atoms with Crippen LogP contribution in [-0.2, 0) is 55.9 Å². The van der Waals surface area contributed by atoms with Crippen LogP contribution < -0.4 is 19.8 Å². The number of hydrogen-bond donors (Lipinski definition) is 5. The van der Waals surface area contributed by atoms with Gasteiger partial charge in [-0.15, -0.1) is 5.10 Å². The topological polar surface area (TPSA) is 353 Å². The maximum Gasteiger partial charge on any atom is 0.435 e. The number of aromatic amines is 3. The van der Waals surface area contributed by atoms with E-state index in [0.717, 1.165) is 50.9 Å². The lowest BCUT2D eigenvalue weighted by Crippen LogP contribution is -2.37. The molecule has 0 aliphatic heterocycles. The number of aliphatic hydroxyl groups is 1. The largest absolute Gasteiger partial charge is 0.481 e. The minimum Gasteiger partial charge on any atom is -0.481 e. The molecule has 0 saturated carbocycles. The minimum atomic E-state index is -4.40. The van der Waals surface area contributed by atoms with E-state index in [2.05, 4.69) is 30.6 Å². The summed E-state index contributed by atoms with van der Waals surface area (Å²) in [4.78, 5) is 93.5. The van der Waals surface area contributed by atoms with Crippen molar-refractivity contribution in [1.82, 2.24) is 40.0 Å². The van der Waals surface area contributed by atoms with Crippen molar-refractivity contribution in [2.75, 3.05) is 26.4 Å². The highest BCUT2D eigenvalue weighted by Crippen LogP contribution is 2.40. The van der Waals surface area contributed by atoms with Crippen LogP contribution >= 0.6 is 0 Å². The molecule has 34 heteroatoms. The van der Waals surface area contributed by atoms with E-state index >= 15 is 0 Å². The molecule has 25 nitrogen and oxygen atoms in total. The fourth-order valence-corrected chi connectivity index (χ4v) is 3.91. The van der Waals surface area contributed by atoms with Gasteiger partial charge in [-0.2, -0.15) is 87.8 Å². The standard InChI is InChI=1S/C15H23F3N2O3.C10H16N2O3.2C8H11F3N2O.C5H10O2.C5H12O.3CO2.3CH4/c1-7-10-8-20(12(21)23-13(2,3)4)19-11(10)22-9-14(5,6)15(16,17)18;1-5-7-6-12(11-8(7)13)9(14)15-10(2,3)4;2*1-7(2,8(9,10)11)5-14-6-3-4-12-13-6;1-5(2,3)4(6)7;1-5(2,3)4-6;3*2-1-3;;;/h8H,7,9H2,1-6H3;6H,5H2,1-4H3,(H,11,13);2*3-4H,5H2,1-2H3,(H,12,13);1-3H3,(H,6,7);6H,4H2,1-3H3;;;;3*1H4. The summed E-state index contributed by atoms with van der Waals surface area (Å²) >= 11 is 0. The number of nitrogens with one attached hydrogen (secondary N) is 3. The fourth-order valence-electron chi connectivity index (χ4n) is 3.91. The van der Waals surface area contributed by atoms with Gasteiger partial charge in [0.2, 0.25) is 17.6 Å². The summed E-state index contributed by atoms with van der Waals surface area (Å²) in [5, 5.41) is 34.9. The van der Waals surface area contributed by atoms with Crippen molar-refractivity contribution in [1.29, 1.82) is 0 Å². The molecule has 0 aliphatic rings. The second kappa shape index (κ2) is 43.6. The van der Waals surface area contributed by atoms with Crippen LogP contribution in [0.4, 0.5) is 49.1 Å². The molecule has 0 aliphatic carbocycles. The number of aryl methyl sites for hydroxylation is 2. The van der Waals surface area contributed by atoms with Crippen LogP contribution in [0.15, 0.2) is 41.7 Å². The fraction of sp³-hybridized carbons (Fsp3) is 0.684. The maximum atomic E-state index is 12.9. The van der Waals surface area contributed by atoms with Crippen LogP contribution in [-0.4, -0.2) is 143 Å². The van der Waals surface area contributed by atoms with Crippen LogP contribution in [0, 0.1) is 27.1 Å². The third kappa shape index (κ3) is 46.6. The second-order valence-electron chi connectivity index (χ2n) is 23.9. The van der Waals surface area contributed by atoms with E-state index in [4.69, 9.17) is 62.7 Å². The molecule has 0 radical (unpaired) electrons. The summed E-state index contributed by atoms with van der Waals surface area (Å²) in [5.74, 6) is -0.271. The first-order chi connectivity index (χ1) is 39.5. The summed E-state index contributed by atoms with van der Waals surface area (Å²) in [5.41, 5.74) is -6.64. The van der Waals surface area contributed by atoms with Gasteiger partial charge in [0, 0.05) is 42.3 Å². The number of aliphatic hydroxyl groups excluding tert-OH is 1. The number of carbonyl (C=O) groups excluding carboxylic acids is 8. The van der Waals surface area contributed by atoms with Crippen LogP contribution in [0.1, 0.15) is 172 Å². The van der Waals surface area contributed by atoms with Gasteiger partial charge in [-0.1, -0.05) is 56.9 Å². The number of rotatable bonds is 11. The number of halogens is 9. The quantitative estimate of drug-likeness (QED) is 0.0871. The molecule has 0 saturated heterocycles. The summed E-state index contributed by atoms with van der Waals surface area (Å²) in [7, 11) is 0. The van der Waals surface area contributed by atoms with Crippen LogP contribution in [0.5, 0.6) is 17.6 Å². The molecular formula is C57H95F9N8O17. The monoisotopic (exact) mass is 1330 g/mol. The molecule has 0 bridgehead atoms. The highest BCUT2D eigenvalue weighted by atomic mass is 19.4. The summed E-state index contributed by atoms with van der Waals surface area (Å²) in [6.07, 6.45) is -6.72. The highest BCUT2D eigenvalue weighted by molar-refractivity contribution is 5.73. The number of H-pyrrole nitrogens is 3. The summed E-state index contributed by atoms with van der Waals surface area (Å²) in [6.45, 7) is 30.3. The molecule has 0 unspecified atom stereocenters. The van der Waals surface area contributed by atoms with Gasteiger partial charge in [0.1, 0.15) is 31.0 Å². The van der Waals surface area contributed by atoms with Gasteiger partial charge in [-0.05, 0) is 122 Å². The van der Waals surface area contributed by atoms with Gasteiger partial charge >= 0.3 is 55.1 Å². The van der Waals surface area contributed by atoms with E-state index in [9.17, 15) is 58.7 Å². The lowest BCUT2D eigenvalue weighted by atomic mass is 9.94. The summed E-state index contributed by atoms with van der Waals surface area (Å²) < 4.78 is 140. The highest BCUT2D eigenvalue weighted by Gasteiger charge is 2.50. The van der Waals surface area contributed by atoms with Crippen LogP contribution in [0.2, 0.25) is 0 Å². The van der Waals surface area contributed by atoms with E-state index in [1.54, 1.807) is 69.2 Å². The summed E-state index contributed by atoms with van der Waals surface area (Å²) in [6, 6.07) is 2.93. The maximum absolute atomic E-state index is 12.9. The Balaban J connectivity index is -0.000000152. The van der Waals surface area contributed by atoms with Crippen molar-refractivity contribution < 1.29 is 117 Å². The lowest BCUT2D eigenvalue weighted by molar-refractivity contribution is -0.220. The van der Waals surface area contributed by atoms with Crippen molar-refractivity contribution in [2.24, 2.45) is 27.1 Å². The normalized spacial score (nSPS) is 11.1. The zero-order valence-corrected chi connectivity index (χ0v) is 52.9. The molecule has 0 fully saturated rings. The number of aliphatic carboxylic acids is 1. The predicted octanol–water partition coefficient (Wildman–Crippen LogP) is 12.8. The molecule has 91 heavy (non-hydrogen) atoms. The van der Waals surface area contributed by atoms with E-state index in [0.29, 0.717) is 24.0 Å². The Morgan fingerprint density at radius 2 is 0.835 bits per heavy atom. The molecule has 0 amide bonds. The third-order valence-electron chi connectivity index (χ3n) is 9.60. The van der Waals surface area contributed by atoms with Crippen LogP contribution in [0.3, 0.4) is 0 Å². The first kappa shape index (κ1) is 99.1. The first-order valence-electron chi connectivity index (χ1n) is 25.8. The smallest absolute Gasteiger partial charge is 0.435 e. The predicted molar refractivity (Wildman–Crippen MR) is 311 cm³/mol. The number of nitrogens with zero attached hydrogens (tertiary/aromatic N) is 5. The average molecular weight is 1340 g/mol. The second-order valence-corrected chi connectivity index (χ2v) is 23.9. The van der Waals surface area contributed by atoms with E-state index < -0.39 is 89.4 Å². The van der Waals surface area contributed by atoms with Crippen molar-refractivity contribution in [3.8, 4) is 17.6 Å². The molecule has 5 N–H and O–H groups in total. The van der Waals surface area contributed by atoms with E-state index in [-0.39, 0.29) is 76.0 Å². The molecule has 0 aromatic carbocycles. The number of carbonyl (C=O) groups is 3. The molecule has 0 atom stereocenters. The Morgan fingerprint density at radius 1 is 0.538 bits per heavy atom. The molecule has 528 valence electrons. The molecular weight excluding hydrogens is 1240 g/mol. The zero-order valence-electron chi connectivity index (χ0n) is 52.9. The van der Waals surface area contributed by atoms with Crippen molar-refractivity contribution >= 4 is 36.6 Å². The number of carboxylic acids is 1. The number of aromatic nitrogens is 8. The van der Waals surface area contributed by atoms with E-state index in [1.165, 1.54) is 36.9 Å². The van der Waals surface area contributed by atoms with Crippen molar-refractivity contribution in [3.63, 3.8) is 0 Å². The van der Waals surface area contributed by atoms with Gasteiger partial charge in [0.25, 0.3) is 5.56 Å². The molecule has 4 rings (SSSR count). The lowest BCUT2D eigenvalue weighted by Gasteiger charge is -2.27. The van der Waals surface area contributed by atoms with Gasteiger partial charge < -0.3 is 33.9 Å². The van der Waals surface area contributed by atoms with E-state index in [1.807, 2.05) is 27.7 Å². The third-order valence-corrected chi connectivity index (χ3v) is 9.60. The first-order valence-corrected chi connectivity index (χ1v) is 25.8. The molecule has 0 spiro atoms. The van der Waals surface area contributed by atoms with Crippen molar-refractivity contribution in [3.05, 3.63) is 58.4 Å². The number of hydrogen-bond acceptors (Lipinski definition) is 19. The Morgan fingerprint density at radius 3 is 1.07 bits per heavy atom. The van der Waals surface area contributed by atoms with Crippen LogP contribution in [0.25, 0.3) is 0 Å². The Labute approximate surface area is 524 Å². The minimum absolute atomic E-state index is 0. The molecule has 4 aromatic rings. The average Bonchev–Trinajstić information content (AvgIpc) is 2.33. The van der Waals surface area contributed by atoms with Gasteiger partial charge in [0.05, 0.1) is 34.1 Å². The number of alkyl halides is 9. The Kier molecular flexibility index (Phi) is 47.5.